The van der Waals surface area contributed by atoms with Crippen LogP contribution in [-0.4, -0.2) is 43.2 Å². The molecular formula is C20H25N5O2S. The summed E-state index contributed by atoms with van der Waals surface area (Å²) in [5.74, 6) is 0.776. The molecule has 0 aliphatic carbocycles. The zero-order chi connectivity index (χ0) is 20.2. The molecule has 1 aliphatic heterocycles. The van der Waals surface area contributed by atoms with Gasteiger partial charge in [-0.1, -0.05) is 0 Å². The van der Waals surface area contributed by atoms with Gasteiger partial charge < -0.3 is 4.90 Å². The molecule has 3 aromatic rings. The number of piperidine rings is 1. The average Bonchev–Trinajstić information content (AvgIpc) is 3.14. The van der Waals surface area contributed by atoms with Crippen molar-refractivity contribution in [3.63, 3.8) is 0 Å². The molecule has 28 heavy (non-hydrogen) atoms. The van der Waals surface area contributed by atoms with Crippen LogP contribution in [0.3, 0.4) is 0 Å². The Kier molecular flexibility index (Phi) is 4.61. The first kappa shape index (κ1) is 18.9. The first-order valence-electron chi connectivity index (χ1n) is 9.56. The van der Waals surface area contributed by atoms with Crippen molar-refractivity contribution in [3.8, 4) is 0 Å². The highest BCUT2D eigenvalue weighted by Gasteiger charge is 2.28. The van der Waals surface area contributed by atoms with Gasteiger partial charge in [-0.2, -0.15) is 5.10 Å². The van der Waals surface area contributed by atoms with Crippen molar-refractivity contribution in [3.05, 3.63) is 44.1 Å². The number of fused-ring (bicyclic) bond motifs is 1. The van der Waals surface area contributed by atoms with E-state index in [0.717, 1.165) is 45.0 Å². The van der Waals surface area contributed by atoms with Gasteiger partial charge in [0.1, 0.15) is 10.7 Å². The third kappa shape index (κ3) is 2.87. The molecule has 8 heteroatoms. The second kappa shape index (κ2) is 6.84. The van der Waals surface area contributed by atoms with E-state index in [2.05, 4.69) is 5.10 Å². The summed E-state index contributed by atoms with van der Waals surface area (Å²) in [4.78, 5) is 34.6. The van der Waals surface area contributed by atoms with Crippen molar-refractivity contribution in [2.75, 3.05) is 13.1 Å². The monoisotopic (exact) mass is 399 g/mol. The van der Waals surface area contributed by atoms with Gasteiger partial charge in [-0.25, -0.2) is 4.98 Å². The molecule has 0 bridgehead atoms. The fraction of sp³-hybridized carbons (Fsp3) is 0.500. The zero-order valence-corrected chi connectivity index (χ0v) is 17.8. The number of likely N-dealkylation sites (tertiary alicyclic amines) is 1. The van der Waals surface area contributed by atoms with Crippen LogP contribution >= 0.6 is 11.3 Å². The lowest BCUT2D eigenvalue weighted by molar-refractivity contribution is 0.0691. The number of hydrogen-bond acceptors (Lipinski definition) is 5. The molecule has 0 unspecified atom stereocenters. The maximum atomic E-state index is 13.2. The van der Waals surface area contributed by atoms with Crippen molar-refractivity contribution < 1.29 is 4.79 Å². The molecule has 4 rings (SSSR count). The molecule has 1 amide bonds. The molecule has 0 radical (unpaired) electrons. The van der Waals surface area contributed by atoms with Crippen LogP contribution < -0.4 is 5.56 Å². The van der Waals surface area contributed by atoms with E-state index in [4.69, 9.17) is 4.98 Å². The number of hydrogen-bond donors (Lipinski definition) is 0. The van der Waals surface area contributed by atoms with Crippen LogP contribution in [0.2, 0.25) is 0 Å². The Bertz CT molecular complexity index is 1130. The van der Waals surface area contributed by atoms with Crippen molar-refractivity contribution >= 4 is 27.5 Å². The SMILES string of the molecule is Cc1sc2nc(C)n(C3CCN(C(=O)c4cnn(C)c4C)CC3)c(=O)c2c1C. The standard InChI is InChI=1S/C20H25N5O2S/c1-11-13(3)28-18-17(11)20(27)25(14(4)22-18)15-6-8-24(9-7-15)19(26)16-10-21-23(5)12(16)2/h10,15H,6-9H2,1-5H3. The first-order chi connectivity index (χ1) is 13.3. The summed E-state index contributed by atoms with van der Waals surface area (Å²) in [5, 5.41) is 4.92. The summed E-state index contributed by atoms with van der Waals surface area (Å²) in [7, 11) is 1.84. The molecule has 0 N–H and O–H groups in total. The number of aryl methyl sites for hydroxylation is 4. The molecule has 0 atom stereocenters. The summed E-state index contributed by atoms with van der Waals surface area (Å²) in [6, 6.07) is 0.0723. The lowest BCUT2D eigenvalue weighted by Gasteiger charge is -2.33. The molecule has 0 spiro atoms. The largest absolute Gasteiger partial charge is 0.338 e. The highest BCUT2D eigenvalue weighted by molar-refractivity contribution is 7.18. The second-order valence-electron chi connectivity index (χ2n) is 7.59. The first-order valence-corrected chi connectivity index (χ1v) is 10.4. The second-order valence-corrected chi connectivity index (χ2v) is 8.79. The summed E-state index contributed by atoms with van der Waals surface area (Å²) < 4.78 is 3.56. The molecule has 0 aromatic carbocycles. The Morgan fingerprint density at radius 3 is 2.46 bits per heavy atom. The lowest BCUT2D eigenvalue weighted by atomic mass is 10.0. The van der Waals surface area contributed by atoms with Crippen LogP contribution in [0, 0.1) is 27.7 Å². The minimum absolute atomic E-state index is 0.0194. The number of amides is 1. The molecule has 148 valence electrons. The van der Waals surface area contributed by atoms with E-state index in [0.29, 0.717) is 18.7 Å². The molecule has 1 saturated heterocycles. The highest BCUT2D eigenvalue weighted by Crippen LogP contribution is 2.29. The molecule has 1 aliphatic rings. The van der Waals surface area contributed by atoms with E-state index in [-0.39, 0.29) is 17.5 Å². The van der Waals surface area contributed by atoms with Crippen molar-refractivity contribution in [2.24, 2.45) is 7.05 Å². The third-order valence-corrected chi connectivity index (χ3v) is 7.09. The van der Waals surface area contributed by atoms with Crippen molar-refractivity contribution in [1.82, 2.24) is 24.2 Å². The van der Waals surface area contributed by atoms with Gasteiger partial charge in [0, 0.05) is 36.8 Å². The molecule has 7 nitrogen and oxygen atoms in total. The summed E-state index contributed by atoms with van der Waals surface area (Å²) in [5.41, 5.74) is 2.61. The highest BCUT2D eigenvalue weighted by atomic mass is 32.1. The van der Waals surface area contributed by atoms with Gasteiger partial charge in [0.05, 0.1) is 17.1 Å². The van der Waals surface area contributed by atoms with Gasteiger partial charge in [0.25, 0.3) is 11.5 Å². The molecule has 4 heterocycles. The number of aromatic nitrogens is 4. The Hall–Kier alpha value is -2.48. The van der Waals surface area contributed by atoms with Crippen LogP contribution in [0.25, 0.3) is 10.2 Å². The topological polar surface area (TPSA) is 73.0 Å². The quantitative estimate of drug-likeness (QED) is 0.664. The number of carbonyl (C=O) groups is 1. The minimum atomic E-state index is 0.0194. The van der Waals surface area contributed by atoms with Gasteiger partial charge in [0.15, 0.2) is 0 Å². The Balaban J connectivity index is 1.59. The average molecular weight is 400 g/mol. The van der Waals surface area contributed by atoms with Crippen LogP contribution in [0.5, 0.6) is 0 Å². The molecule has 0 saturated carbocycles. The van der Waals surface area contributed by atoms with Crippen LogP contribution in [0.4, 0.5) is 0 Å². The van der Waals surface area contributed by atoms with Crippen LogP contribution in [0.15, 0.2) is 11.0 Å². The van der Waals surface area contributed by atoms with Gasteiger partial charge >= 0.3 is 0 Å². The Labute approximate surface area is 167 Å². The van der Waals surface area contributed by atoms with Gasteiger partial charge in [-0.05, 0) is 46.1 Å². The van der Waals surface area contributed by atoms with Gasteiger partial charge in [-0.15, -0.1) is 11.3 Å². The Morgan fingerprint density at radius 2 is 1.86 bits per heavy atom. The van der Waals surface area contributed by atoms with Crippen molar-refractivity contribution in [1.29, 1.82) is 0 Å². The fourth-order valence-electron chi connectivity index (χ4n) is 4.04. The predicted octanol–water partition coefficient (Wildman–Crippen LogP) is 2.90. The van der Waals surface area contributed by atoms with Crippen LogP contribution in [-0.2, 0) is 7.05 Å². The normalized spacial score (nSPS) is 15.5. The van der Waals surface area contributed by atoms with Crippen molar-refractivity contribution in [2.45, 2.75) is 46.6 Å². The molecule has 1 fully saturated rings. The molecule has 3 aromatic heterocycles. The van der Waals surface area contributed by atoms with E-state index < -0.39 is 0 Å². The minimum Gasteiger partial charge on any atom is -0.338 e. The summed E-state index contributed by atoms with van der Waals surface area (Å²) in [6.45, 7) is 9.09. The summed E-state index contributed by atoms with van der Waals surface area (Å²) in [6.07, 6.45) is 3.14. The summed E-state index contributed by atoms with van der Waals surface area (Å²) >= 11 is 1.58. The maximum Gasteiger partial charge on any atom is 0.262 e. The zero-order valence-electron chi connectivity index (χ0n) is 16.9. The van der Waals surface area contributed by atoms with E-state index in [1.165, 1.54) is 0 Å². The number of nitrogens with zero attached hydrogens (tertiary/aromatic N) is 5. The van der Waals surface area contributed by atoms with E-state index in [9.17, 15) is 9.59 Å². The molecular weight excluding hydrogens is 374 g/mol. The van der Waals surface area contributed by atoms with Crippen LogP contribution in [0.1, 0.15) is 51.2 Å². The number of carbonyl (C=O) groups excluding carboxylic acids is 1. The maximum absolute atomic E-state index is 13.2. The number of rotatable bonds is 2. The van der Waals surface area contributed by atoms with E-state index >= 15 is 0 Å². The fourth-order valence-corrected chi connectivity index (χ4v) is 5.11. The van der Waals surface area contributed by atoms with Gasteiger partial charge in [0.2, 0.25) is 0 Å². The smallest absolute Gasteiger partial charge is 0.262 e. The third-order valence-electron chi connectivity index (χ3n) is 5.99. The Morgan fingerprint density at radius 1 is 1.18 bits per heavy atom. The lowest BCUT2D eigenvalue weighted by Crippen LogP contribution is -2.41. The number of thiophene rings is 1. The predicted molar refractivity (Wildman–Crippen MR) is 110 cm³/mol. The van der Waals surface area contributed by atoms with Gasteiger partial charge in [-0.3, -0.25) is 18.8 Å². The van der Waals surface area contributed by atoms with E-state index in [1.54, 1.807) is 22.2 Å². The van der Waals surface area contributed by atoms with E-state index in [1.807, 2.05) is 44.2 Å².